The summed E-state index contributed by atoms with van der Waals surface area (Å²) in [5, 5.41) is 10.4. The molecule has 0 atom stereocenters. The number of likely N-dealkylation sites (tertiary alicyclic amines) is 1. The molecule has 1 amide bonds. The van der Waals surface area contributed by atoms with E-state index in [9.17, 15) is 4.79 Å². The second kappa shape index (κ2) is 8.55. The number of nitrogens with one attached hydrogen (secondary N) is 2. The lowest BCUT2D eigenvalue weighted by molar-refractivity contribution is -0.121. The number of rotatable bonds is 5. The molecule has 0 unspecified atom stereocenters. The molecule has 1 aliphatic rings. The van der Waals surface area contributed by atoms with Gasteiger partial charge in [-0.1, -0.05) is 0 Å². The van der Waals surface area contributed by atoms with Gasteiger partial charge in [0.1, 0.15) is 0 Å². The number of aryl methyl sites for hydroxylation is 1. The second-order valence-electron chi connectivity index (χ2n) is 6.06. The Balaban J connectivity index is 1.73. The monoisotopic (exact) mass is 320 g/mol. The maximum atomic E-state index is 11.5. The lowest BCUT2D eigenvalue weighted by atomic mass is 9.93. The zero-order chi connectivity index (χ0) is 16.7. The Labute approximate surface area is 138 Å². The van der Waals surface area contributed by atoms with Gasteiger partial charge in [0.15, 0.2) is 5.96 Å². The summed E-state index contributed by atoms with van der Waals surface area (Å²) < 4.78 is 1.94. The first kappa shape index (κ1) is 17.3. The van der Waals surface area contributed by atoms with Crippen molar-refractivity contribution in [3.05, 3.63) is 18.0 Å². The van der Waals surface area contributed by atoms with E-state index in [0.717, 1.165) is 45.0 Å². The minimum atomic E-state index is 0.139. The highest BCUT2D eigenvalue weighted by molar-refractivity contribution is 5.80. The number of carbonyl (C=O) groups is 1. The standard InChI is InChI=1S/C16H28N6O/c1-13-11-20-22(12-13)9-6-19-16(18-3)21-7-4-14(5-8-21)10-15(23)17-2/h11-12,14H,4-10H2,1-3H3,(H,17,23)(H,18,19). The van der Waals surface area contributed by atoms with Crippen LogP contribution in [0, 0.1) is 12.8 Å². The van der Waals surface area contributed by atoms with E-state index >= 15 is 0 Å². The average molecular weight is 320 g/mol. The molecule has 1 aromatic heterocycles. The summed E-state index contributed by atoms with van der Waals surface area (Å²) in [6, 6.07) is 0. The largest absolute Gasteiger partial charge is 0.359 e. The van der Waals surface area contributed by atoms with Crippen molar-refractivity contribution in [2.45, 2.75) is 32.7 Å². The Morgan fingerprint density at radius 1 is 1.43 bits per heavy atom. The number of carbonyl (C=O) groups excluding carboxylic acids is 1. The zero-order valence-corrected chi connectivity index (χ0v) is 14.4. The average Bonchev–Trinajstić information content (AvgIpc) is 2.98. The van der Waals surface area contributed by atoms with E-state index in [1.165, 1.54) is 5.56 Å². The van der Waals surface area contributed by atoms with Crippen LogP contribution in [0.2, 0.25) is 0 Å². The molecule has 2 heterocycles. The van der Waals surface area contributed by atoms with E-state index < -0.39 is 0 Å². The van der Waals surface area contributed by atoms with E-state index in [1.54, 1.807) is 7.05 Å². The van der Waals surface area contributed by atoms with Crippen molar-refractivity contribution in [3.8, 4) is 0 Å². The maximum Gasteiger partial charge on any atom is 0.220 e. The molecule has 0 spiro atoms. The molecule has 0 radical (unpaired) electrons. The molecule has 1 fully saturated rings. The molecule has 0 bridgehead atoms. The molecule has 2 rings (SSSR count). The lowest BCUT2D eigenvalue weighted by Crippen LogP contribution is -2.46. The van der Waals surface area contributed by atoms with Crippen molar-refractivity contribution in [2.75, 3.05) is 33.7 Å². The topological polar surface area (TPSA) is 74.5 Å². The molecule has 1 aromatic rings. The summed E-state index contributed by atoms with van der Waals surface area (Å²) in [4.78, 5) is 18.1. The molecule has 0 aliphatic carbocycles. The van der Waals surface area contributed by atoms with E-state index in [-0.39, 0.29) is 5.91 Å². The van der Waals surface area contributed by atoms with Crippen LogP contribution in [0.1, 0.15) is 24.8 Å². The molecular weight excluding hydrogens is 292 g/mol. The Morgan fingerprint density at radius 2 is 2.17 bits per heavy atom. The van der Waals surface area contributed by atoms with Crippen LogP contribution in [0.3, 0.4) is 0 Å². The van der Waals surface area contributed by atoms with Gasteiger partial charge in [0.2, 0.25) is 5.91 Å². The van der Waals surface area contributed by atoms with E-state index in [0.29, 0.717) is 12.3 Å². The van der Waals surface area contributed by atoms with Crippen LogP contribution in [-0.4, -0.2) is 60.3 Å². The van der Waals surface area contributed by atoms with Gasteiger partial charge in [0, 0.05) is 46.3 Å². The molecule has 1 aliphatic heterocycles. The van der Waals surface area contributed by atoms with Crippen LogP contribution < -0.4 is 10.6 Å². The molecule has 7 nitrogen and oxygen atoms in total. The summed E-state index contributed by atoms with van der Waals surface area (Å²) in [6.07, 6.45) is 6.61. The lowest BCUT2D eigenvalue weighted by Gasteiger charge is -2.34. The third kappa shape index (κ3) is 5.26. The first-order chi connectivity index (χ1) is 11.1. The van der Waals surface area contributed by atoms with Gasteiger partial charge in [-0.05, 0) is 31.2 Å². The molecule has 0 saturated carbocycles. The summed E-state index contributed by atoms with van der Waals surface area (Å²) >= 11 is 0. The summed E-state index contributed by atoms with van der Waals surface area (Å²) in [6.45, 7) is 5.55. The number of nitrogens with zero attached hydrogens (tertiary/aromatic N) is 4. The van der Waals surface area contributed by atoms with Crippen molar-refractivity contribution in [2.24, 2.45) is 10.9 Å². The highest BCUT2D eigenvalue weighted by Crippen LogP contribution is 2.20. The highest BCUT2D eigenvalue weighted by atomic mass is 16.1. The van der Waals surface area contributed by atoms with Crippen LogP contribution in [0.15, 0.2) is 17.4 Å². The number of hydrogen-bond donors (Lipinski definition) is 2. The van der Waals surface area contributed by atoms with Gasteiger partial charge in [-0.15, -0.1) is 0 Å². The number of hydrogen-bond acceptors (Lipinski definition) is 3. The normalized spacial score (nSPS) is 16.5. The summed E-state index contributed by atoms with van der Waals surface area (Å²) in [5.41, 5.74) is 1.17. The molecule has 2 N–H and O–H groups in total. The van der Waals surface area contributed by atoms with E-state index in [4.69, 9.17) is 0 Å². The van der Waals surface area contributed by atoms with Crippen LogP contribution in [0.25, 0.3) is 0 Å². The Hall–Kier alpha value is -2.05. The molecular formula is C16H28N6O. The van der Waals surface area contributed by atoms with Crippen LogP contribution in [0.4, 0.5) is 0 Å². The number of aromatic nitrogens is 2. The molecule has 0 aromatic carbocycles. The van der Waals surface area contributed by atoms with Crippen molar-refractivity contribution in [1.82, 2.24) is 25.3 Å². The fraction of sp³-hybridized carbons (Fsp3) is 0.688. The van der Waals surface area contributed by atoms with Gasteiger partial charge in [-0.25, -0.2) is 0 Å². The third-order valence-electron chi connectivity index (χ3n) is 4.27. The Morgan fingerprint density at radius 3 is 2.74 bits per heavy atom. The zero-order valence-electron chi connectivity index (χ0n) is 14.4. The molecule has 128 valence electrons. The van der Waals surface area contributed by atoms with Gasteiger partial charge in [-0.3, -0.25) is 14.5 Å². The van der Waals surface area contributed by atoms with Crippen LogP contribution >= 0.6 is 0 Å². The van der Waals surface area contributed by atoms with Crippen molar-refractivity contribution in [3.63, 3.8) is 0 Å². The molecule has 7 heteroatoms. The highest BCUT2D eigenvalue weighted by Gasteiger charge is 2.22. The van der Waals surface area contributed by atoms with Gasteiger partial charge in [-0.2, -0.15) is 5.10 Å². The maximum absolute atomic E-state index is 11.5. The fourth-order valence-corrected chi connectivity index (χ4v) is 2.92. The quantitative estimate of drug-likeness (QED) is 0.616. The number of piperidine rings is 1. The van der Waals surface area contributed by atoms with Crippen LogP contribution in [0.5, 0.6) is 0 Å². The van der Waals surface area contributed by atoms with Gasteiger partial charge in [0.25, 0.3) is 0 Å². The van der Waals surface area contributed by atoms with E-state index in [1.807, 2.05) is 31.0 Å². The number of aliphatic imine (C=N–C) groups is 1. The second-order valence-corrected chi connectivity index (χ2v) is 6.06. The summed E-state index contributed by atoms with van der Waals surface area (Å²) in [7, 11) is 3.52. The summed E-state index contributed by atoms with van der Waals surface area (Å²) in [5.74, 6) is 1.56. The molecule has 23 heavy (non-hydrogen) atoms. The van der Waals surface area contributed by atoms with Gasteiger partial charge in [0.05, 0.1) is 12.7 Å². The third-order valence-corrected chi connectivity index (χ3v) is 4.27. The van der Waals surface area contributed by atoms with Gasteiger partial charge < -0.3 is 15.5 Å². The smallest absolute Gasteiger partial charge is 0.220 e. The minimum Gasteiger partial charge on any atom is -0.359 e. The first-order valence-electron chi connectivity index (χ1n) is 8.27. The van der Waals surface area contributed by atoms with Crippen molar-refractivity contribution < 1.29 is 4.79 Å². The van der Waals surface area contributed by atoms with Crippen LogP contribution in [-0.2, 0) is 11.3 Å². The van der Waals surface area contributed by atoms with Crippen molar-refractivity contribution >= 4 is 11.9 Å². The fourth-order valence-electron chi connectivity index (χ4n) is 2.92. The van der Waals surface area contributed by atoms with Crippen molar-refractivity contribution in [1.29, 1.82) is 0 Å². The minimum absolute atomic E-state index is 0.139. The predicted molar refractivity (Wildman–Crippen MR) is 91.3 cm³/mol. The first-order valence-corrected chi connectivity index (χ1v) is 8.27. The number of amides is 1. The van der Waals surface area contributed by atoms with E-state index in [2.05, 4.69) is 25.6 Å². The predicted octanol–water partition coefficient (Wildman–Crippen LogP) is 0.615. The Bertz CT molecular complexity index is 530. The molecule has 1 saturated heterocycles. The SMILES string of the molecule is CN=C(NCCn1cc(C)cn1)N1CCC(CC(=O)NC)CC1. The Kier molecular flexibility index (Phi) is 6.43. The van der Waals surface area contributed by atoms with Gasteiger partial charge >= 0.3 is 0 Å². The number of guanidine groups is 1.